The molecule has 0 saturated carbocycles. The first-order valence-electron chi connectivity index (χ1n) is 6.62. The lowest BCUT2D eigenvalue weighted by Gasteiger charge is -2.14. The van der Waals surface area contributed by atoms with E-state index >= 15 is 0 Å². The molecule has 0 atom stereocenters. The van der Waals surface area contributed by atoms with Crippen molar-refractivity contribution in [1.82, 2.24) is 4.72 Å². The quantitative estimate of drug-likeness (QED) is 0.742. The molecule has 0 heterocycles. The van der Waals surface area contributed by atoms with E-state index in [0.29, 0.717) is 11.4 Å². The molecule has 2 aromatic rings. The fourth-order valence-electron chi connectivity index (χ4n) is 1.90. The van der Waals surface area contributed by atoms with Gasteiger partial charge >= 0.3 is 0 Å². The molecule has 0 unspecified atom stereocenters. The van der Waals surface area contributed by atoms with Gasteiger partial charge in [0.25, 0.3) is 0 Å². The van der Waals surface area contributed by atoms with E-state index in [1.54, 1.807) is 62.4 Å². The molecule has 5 nitrogen and oxygen atoms in total. The van der Waals surface area contributed by atoms with Gasteiger partial charge in [-0.15, -0.1) is 0 Å². The van der Waals surface area contributed by atoms with Crippen LogP contribution in [-0.4, -0.2) is 14.5 Å². The molecule has 0 bridgehead atoms. The van der Waals surface area contributed by atoms with Crippen molar-refractivity contribution in [2.24, 2.45) is 0 Å². The van der Waals surface area contributed by atoms with Crippen LogP contribution in [0.5, 0.6) is 0 Å². The van der Waals surface area contributed by atoms with Gasteiger partial charge in [-0.2, -0.15) is 0 Å². The van der Waals surface area contributed by atoms with Crippen LogP contribution >= 0.6 is 0 Å². The zero-order valence-corrected chi connectivity index (χ0v) is 12.8. The van der Waals surface area contributed by atoms with E-state index in [2.05, 4.69) is 10.0 Å². The SMILES string of the molecule is CC(C)NS(=O)(=O)c1ccccc1Nc1ccc(N)cc1. The summed E-state index contributed by atoms with van der Waals surface area (Å²) in [7, 11) is -3.56. The molecular formula is C15H19N3O2S. The normalized spacial score (nSPS) is 11.6. The average molecular weight is 305 g/mol. The van der Waals surface area contributed by atoms with Gasteiger partial charge in [0, 0.05) is 17.4 Å². The lowest BCUT2D eigenvalue weighted by atomic mass is 10.2. The summed E-state index contributed by atoms with van der Waals surface area (Å²) >= 11 is 0. The number of nitrogen functional groups attached to an aromatic ring is 1. The minimum absolute atomic E-state index is 0.167. The third-order valence-corrected chi connectivity index (χ3v) is 4.47. The first kappa shape index (κ1) is 15.3. The molecule has 0 aliphatic rings. The van der Waals surface area contributed by atoms with Crippen LogP contribution in [0.3, 0.4) is 0 Å². The third-order valence-electron chi connectivity index (χ3n) is 2.76. The topological polar surface area (TPSA) is 84.2 Å². The van der Waals surface area contributed by atoms with E-state index in [4.69, 9.17) is 5.73 Å². The van der Waals surface area contributed by atoms with Crippen molar-refractivity contribution in [3.63, 3.8) is 0 Å². The summed E-state index contributed by atoms with van der Waals surface area (Å²) < 4.78 is 27.3. The number of nitrogens with one attached hydrogen (secondary N) is 2. The van der Waals surface area contributed by atoms with Gasteiger partial charge in [-0.1, -0.05) is 12.1 Å². The molecule has 112 valence electrons. The molecule has 2 rings (SSSR count). The summed E-state index contributed by atoms with van der Waals surface area (Å²) in [4.78, 5) is 0.218. The Morgan fingerprint density at radius 2 is 1.62 bits per heavy atom. The maximum atomic E-state index is 12.3. The van der Waals surface area contributed by atoms with Crippen molar-refractivity contribution in [2.45, 2.75) is 24.8 Å². The van der Waals surface area contributed by atoms with Crippen molar-refractivity contribution >= 4 is 27.1 Å². The standard InChI is InChI=1S/C15H19N3O2S/c1-11(2)18-21(19,20)15-6-4-3-5-14(15)17-13-9-7-12(16)8-10-13/h3-11,17-18H,16H2,1-2H3. The number of benzene rings is 2. The van der Waals surface area contributed by atoms with Gasteiger partial charge in [0.1, 0.15) is 4.90 Å². The third kappa shape index (κ3) is 3.96. The molecule has 0 aliphatic carbocycles. The van der Waals surface area contributed by atoms with Gasteiger partial charge in [-0.3, -0.25) is 0 Å². The van der Waals surface area contributed by atoms with Crippen molar-refractivity contribution in [2.75, 3.05) is 11.1 Å². The van der Waals surface area contributed by atoms with Crippen LogP contribution in [0.25, 0.3) is 0 Å². The largest absolute Gasteiger partial charge is 0.399 e. The minimum Gasteiger partial charge on any atom is -0.399 e. The number of anilines is 3. The first-order chi connectivity index (χ1) is 9.88. The summed E-state index contributed by atoms with van der Waals surface area (Å²) in [5.41, 5.74) is 7.59. The van der Waals surface area contributed by atoms with Crippen LogP contribution in [0, 0.1) is 0 Å². The van der Waals surface area contributed by atoms with Crippen molar-refractivity contribution in [1.29, 1.82) is 0 Å². The van der Waals surface area contributed by atoms with Crippen LogP contribution in [0.4, 0.5) is 17.1 Å². The Kier molecular flexibility index (Phi) is 4.50. The van der Waals surface area contributed by atoms with E-state index in [1.807, 2.05) is 0 Å². The van der Waals surface area contributed by atoms with Crippen LogP contribution in [0.2, 0.25) is 0 Å². The Hall–Kier alpha value is -2.05. The second-order valence-corrected chi connectivity index (χ2v) is 6.70. The summed E-state index contributed by atoms with van der Waals surface area (Å²) in [6.45, 7) is 3.57. The predicted octanol–water partition coefficient (Wildman–Crippen LogP) is 2.70. The van der Waals surface area contributed by atoms with Crippen molar-refractivity contribution < 1.29 is 8.42 Å². The van der Waals surface area contributed by atoms with E-state index < -0.39 is 10.0 Å². The van der Waals surface area contributed by atoms with Crippen molar-refractivity contribution in [3.05, 3.63) is 48.5 Å². The molecule has 0 aliphatic heterocycles. The summed E-state index contributed by atoms with van der Waals surface area (Å²) in [6, 6.07) is 13.7. The molecule has 0 aromatic heterocycles. The Morgan fingerprint density at radius 3 is 2.24 bits per heavy atom. The zero-order valence-electron chi connectivity index (χ0n) is 12.0. The summed E-state index contributed by atoms with van der Waals surface area (Å²) in [6.07, 6.45) is 0. The van der Waals surface area contributed by atoms with Crippen molar-refractivity contribution in [3.8, 4) is 0 Å². The Bertz CT molecular complexity index is 710. The molecule has 2 aromatic carbocycles. The predicted molar refractivity (Wildman–Crippen MR) is 86.0 cm³/mol. The fraction of sp³-hybridized carbons (Fsp3) is 0.200. The van der Waals surface area contributed by atoms with Crippen LogP contribution in [0.15, 0.2) is 53.4 Å². The van der Waals surface area contributed by atoms with E-state index in [1.165, 1.54) is 0 Å². The molecule has 0 amide bonds. The maximum Gasteiger partial charge on any atom is 0.242 e. The zero-order chi connectivity index (χ0) is 15.5. The molecule has 6 heteroatoms. The first-order valence-corrected chi connectivity index (χ1v) is 8.11. The smallest absolute Gasteiger partial charge is 0.242 e. The van der Waals surface area contributed by atoms with Crippen LogP contribution in [-0.2, 0) is 10.0 Å². The number of nitrogens with two attached hydrogens (primary N) is 1. The highest BCUT2D eigenvalue weighted by molar-refractivity contribution is 7.89. The Morgan fingerprint density at radius 1 is 1.00 bits per heavy atom. The minimum atomic E-state index is -3.56. The lowest BCUT2D eigenvalue weighted by Crippen LogP contribution is -2.30. The van der Waals surface area contributed by atoms with E-state index in [9.17, 15) is 8.42 Å². The highest BCUT2D eigenvalue weighted by Crippen LogP contribution is 2.25. The summed E-state index contributed by atoms with van der Waals surface area (Å²) in [5.74, 6) is 0. The molecule has 0 fully saturated rings. The van der Waals surface area contributed by atoms with Gasteiger partial charge in [0.15, 0.2) is 0 Å². The lowest BCUT2D eigenvalue weighted by molar-refractivity contribution is 0.570. The number of para-hydroxylation sites is 1. The number of rotatable bonds is 5. The molecule has 0 radical (unpaired) electrons. The highest BCUT2D eigenvalue weighted by Gasteiger charge is 2.19. The fourth-order valence-corrected chi connectivity index (χ4v) is 3.31. The molecule has 0 saturated heterocycles. The summed E-state index contributed by atoms with van der Waals surface area (Å²) in [5, 5.41) is 3.10. The number of hydrogen-bond acceptors (Lipinski definition) is 4. The average Bonchev–Trinajstić information content (AvgIpc) is 2.40. The van der Waals surface area contributed by atoms with Gasteiger partial charge in [-0.05, 0) is 50.2 Å². The molecule has 4 N–H and O–H groups in total. The second-order valence-electron chi connectivity index (χ2n) is 5.02. The molecule has 21 heavy (non-hydrogen) atoms. The van der Waals surface area contributed by atoms with Gasteiger partial charge in [0.05, 0.1) is 5.69 Å². The number of hydrogen-bond donors (Lipinski definition) is 3. The molecule has 0 spiro atoms. The van der Waals surface area contributed by atoms with Crippen LogP contribution in [0.1, 0.15) is 13.8 Å². The Balaban J connectivity index is 2.35. The van der Waals surface area contributed by atoms with E-state index in [-0.39, 0.29) is 10.9 Å². The highest BCUT2D eigenvalue weighted by atomic mass is 32.2. The maximum absolute atomic E-state index is 12.3. The number of sulfonamides is 1. The van der Waals surface area contributed by atoms with Gasteiger partial charge in [-0.25, -0.2) is 13.1 Å². The van der Waals surface area contributed by atoms with Gasteiger partial charge in [0.2, 0.25) is 10.0 Å². The second kappa shape index (κ2) is 6.15. The van der Waals surface area contributed by atoms with Gasteiger partial charge < -0.3 is 11.1 Å². The van der Waals surface area contributed by atoms with E-state index in [0.717, 1.165) is 5.69 Å². The van der Waals surface area contributed by atoms with Crippen LogP contribution < -0.4 is 15.8 Å². The molecular weight excluding hydrogens is 286 g/mol. The monoisotopic (exact) mass is 305 g/mol. The Labute approximate surface area is 125 Å².